The van der Waals surface area contributed by atoms with Crippen LogP contribution in [0.25, 0.3) is 0 Å². The fourth-order valence-electron chi connectivity index (χ4n) is 2.00. The lowest BCUT2D eigenvalue weighted by molar-refractivity contribution is -0.175. The second-order valence-corrected chi connectivity index (χ2v) is 5.88. The third-order valence-electron chi connectivity index (χ3n) is 3.55. The van der Waals surface area contributed by atoms with Crippen LogP contribution in [0.4, 0.5) is 13.2 Å². The van der Waals surface area contributed by atoms with Crippen molar-refractivity contribution in [3.8, 4) is 11.8 Å². The molecule has 0 radical (unpaired) electrons. The summed E-state index contributed by atoms with van der Waals surface area (Å²) in [6, 6.07) is -1.47. The molecule has 168 valence electrons. The van der Waals surface area contributed by atoms with Crippen molar-refractivity contribution in [2.45, 2.75) is 78.9 Å². The Balaban J connectivity index is 0. The fourth-order valence-corrected chi connectivity index (χ4v) is 2.00. The van der Waals surface area contributed by atoms with Gasteiger partial charge in [-0.25, -0.2) is 4.79 Å². The summed E-state index contributed by atoms with van der Waals surface area (Å²) in [4.78, 5) is 32.0. The molecule has 0 heterocycles. The molecule has 2 N–H and O–H groups in total. The molecule has 29 heavy (non-hydrogen) atoms. The van der Waals surface area contributed by atoms with Crippen LogP contribution in [-0.4, -0.2) is 41.8 Å². The standard InChI is InChI=1S/C10H14O2.C8H12F3NO3.C2H6/c1-3-5-6-8-7-9(8)10(11)12-4-2;1-2-3-4-5(6(13)14)12-7(15)8(9,10)11;1-2/h8-9H,3-4,7H2,1-2H3;5H,2-4H2,1H3,(H,12,15)(H,13,14);1-2H3. The Bertz CT molecular complexity index is 567. The molecule has 0 aliphatic heterocycles. The Hall–Kier alpha value is -2.24. The van der Waals surface area contributed by atoms with Crippen LogP contribution < -0.4 is 5.32 Å². The molecule has 1 rings (SSSR count). The highest BCUT2D eigenvalue weighted by Gasteiger charge is 2.43. The van der Waals surface area contributed by atoms with Crippen LogP contribution in [0, 0.1) is 23.7 Å². The van der Waals surface area contributed by atoms with Crippen LogP contribution >= 0.6 is 0 Å². The van der Waals surface area contributed by atoms with E-state index in [1.165, 1.54) is 5.32 Å². The molecule has 0 aromatic carbocycles. The first-order valence-corrected chi connectivity index (χ1v) is 9.83. The van der Waals surface area contributed by atoms with Crippen LogP contribution in [0.1, 0.15) is 66.7 Å². The Morgan fingerprint density at radius 2 is 1.79 bits per heavy atom. The minimum Gasteiger partial charge on any atom is -0.480 e. The molecule has 3 unspecified atom stereocenters. The fraction of sp³-hybridized carbons (Fsp3) is 0.750. The predicted octanol–water partition coefficient (Wildman–Crippen LogP) is 3.93. The Kier molecular flexibility index (Phi) is 15.6. The Labute approximate surface area is 170 Å². The predicted molar refractivity (Wildman–Crippen MR) is 103 cm³/mol. The van der Waals surface area contributed by atoms with E-state index in [-0.39, 0.29) is 24.2 Å². The van der Waals surface area contributed by atoms with Gasteiger partial charge in [0.15, 0.2) is 0 Å². The van der Waals surface area contributed by atoms with Crippen molar-refractivity contribution in [1.29, 1.82) is 0 Å². The summed E-state index contributed by atoms with van der Waals surface area (Å²) in [5.41, 5.74) is 0. The van der Waals surface area contributed by atoms with Gasteiger partial charge < -0.3 is 15.2 Å². The van der Waals surface area contributed by atoms with Crippen molar-refractivity contribution >= 4 is 17.8 Å². The van der Waals surface area contributed by atoms with Gasteiger partial charge in [0.2, 0.25) is 0 Å². The summed E-state index contributed by atoms with van der Waals surface area (Å²) in [5.74, 6) is 2.63. The van der Waals surface area contributed by atoms with E-state index in [1.54, 1.807) is 6.92 Å². The van der Waals surface area contributed by atoms with Crippen LogP contribution in [-0.2, 0) is 19.1 Å². The summed E-state index contributed by atoms with van der Waals surface area (Å²) >= 11 is 0. The van der Waals surface area contributed by atoms with Gasteiger partial charge in [0.05, 0.1) is 12.5 Å². The first kappa shape index (κ1) is 29.0. The summed E-state index contributed by atoms with van der Waals surface area (Å²) in [6.45, 7) is 10.1. The molecule has 1 saturated carbocycles. The molecule has 6 nitrogen and oxygen atoms in total. The highest BCUT2D eigenvalue weighted by Crippen LogP contribution is 2.38. The maximum absolute atomic E-state index is 11.8. The number of halogens is 3. The molecule has 0 saturated heterocycles. The lowest BCUT2D eigenvalue weighted by Crippen LogP contribution is -2.46. The maximum atomic E-state index is 11.8. The van der Waals surface area contributed by atoms with Gasteiger partial charge in [0.1, 0.15) is 6.04 Å². The van der Waals surface area contributed by atoms with E-state index < -0.39 is 24.1 Å². The average Bonchev–Trinajstić information content (AvgIpc) is 3.44. The smallest absolute Gasteiger partial charge is 0.471 e. The lowest BCUT2D eigenvalue weighted by atomic mass is 10.1. The number of hydrogen-bond donors (Lipinski definition) is 2. The number of carboxylic acids is 1. The Morgan fingerprint density at radius 3 is 2.21 bits per heavy atom. The maximum Gasteiger partial charge on any atom is 0.471 e. The minimum atomic E-state index is -5.04. The number of rotatable bonds is 7. The van der Waals surface area contributed by atoms with E-state index in [1.807, 2.05) is 27.7 Å². The van der Waals surface area contributed by atoms with Crippen molar-refractivity contribution in [2.75, 3.05) is 6.61 Å². The van der Waals surface area contributed by atoms with E-state index in [0.29, 0.717) is 19.4 Å². The van der Waals surface area contributed by atoms with E-state index in [9.17, 15) is 27.6 Å². The summed E-state index contributed by atoms with van der Waals surface area (Å²) in [6.07, 6.45) is -2.20. The number of carbonyl (C=O) groups excluding carboxylic acids is 2. The topological polar surface area (TPSA) is 92.7 Å². The molecule has 0 aromatic heterocycles. The van der Waals surface area contributed by atoms with Crippen molar-refractivity contribution in [1.82, 2.24) is 5.32 Å². The van der Waals surface area contributed by atoms with Gasteiger partial charge in [-0.2, -0.15) is 13.2 Å². The number of amides is 1. The highest BCUT2D eigenvalue weighted by atomic mass is 19.4. The number of esters is 1. The number of aliphatic carboxylic acids is 1. The molecule has 1 aliphatic rings. The third-order valence-corrected chi connectivity index (χ3v) is 3.55. The van der Waals surface area contributed by atoms with Gasteiger partial charge in [-0.1, -0.05) is 46.5 Å². The number of nitrogens with one attached hydrogen (secondary N) is 1. The van der Waals surface area contributed by atoms with Gasteiger partial charge in [-0.3, -0.25) is 9.59 Å². The number of ether oxygens (including phenoxy) is 1. The summed E-state index contributed by atoms with van der Waals surface area (Å²) < 4.78 is 40.2. The van der Waals surface area contributed by atoms with E-state index in [0.717, 1.165) is 12.8 Å². The molecule has 3 atom stereocenters. The first-order valence-electron chi connectivity index (χ1n) is 9.83. The largest absolute Gasteiger partial charge is 0.480 e. The van der Waals surface area contributed by atoms with Crippen molar-refractivity contribution in [2.24, 2.45) is 11.8 Å². The molecule has 0 spiro atoms. The monoisotopic (exact) mass is 423 g/mol. The molecular weight excluding hydrogens is 391 g/mol. The lowest BCUT2D eigenvalue weighted by Gasteiger charge is -2.14. The van der Waals surface area contributed by atoms with E-state index in [4.69, 9.17) is 9.84 Å². The second-order valence-electron chi connectivity index (χ2n) is 5.88. The third kappa shape index (κ3) is 13.6. The number of carbonyl (C=O) groups is 3. The van der Waals surface area contributed by atoms with E-state index in [2.05, 4.69) is 11.8 Å². The summed E-state index contributed by atoms with van der Waals surface area (Å²) in [5, 5.41) is 9.96. The first-order chi connectivity index (χ1) is 13.6. The Morgan fingerprint density at radius 1 is 1.21 bits per heavy atom. The van der Waals surface area contributed by atoms with Crippen LogP contribution in [0.3, 0.4) is 0 Å². The number of unbranched alkanes of at least 4 members (excludes halogenated alkanes) is 1. The van der Waals surface area contributed by atoms with Gasteiger partial charge in [0, 0.05) is 12.3 Å². The molecule has 9 heteroatoms. The van der Waals surface area contributed by atoms with Crippen molar-refractivity contribution in [3.63, 3.8) is 0 Å². The normalized spacial score (nSPS) is 17.7. The van der Waals surface area contributed by atoms with Gasteiger partial charge >= 0.3 is 24.0 Å². The van der Waals surface area contributed by atoms with Gasteiger partial charge in [-0.15, -0.1) is 5.92 Å². The minimum absolute atomic E-state index is 0.00630. The van der Waals surface area contributed by atoms with Gasteiger partial charge in [0.25, 0.3) is 0 Å². The highest BCUT2D eigenvalue weighted by molar-refractivity contribution is 5.86. The SMILES string of the molecule is CC.CCC#CC1CC1C(=O)OCC.CCCCC(NC(=O)C(F)(F)F)C(=O)O. The number of carboxylic acid groups (broad SMARTS) is 1. The van der Waals surface area contributed by atoms with Crippen LogP contribution in [0.5, 0.6) is 0 Å². The molecule has 1 aliphatic carbocycles. The zero-order valence-corrected chi connectivity index (χ0v) is 17.7. The molecule has 0 bridgehead atoms. The van der Waals surface area contributed by atoms with Crippen LogP contribution in [0.15, 0.2) is 0 Å². The molecule has 0 aromatic rings. The zero-order valence-electron chi connectivity index (χ0n) is 17.7. The number of hydrogen-bond acceptors (Lipinski definition) is 4. The number of alkyl halides is 3. The average molecular weight is 423 g/mol. The van der Waals surface area contributed by atoms with Crippen molar-refractivity contribution in [3.05, 3.63) is 0 Å². The molecule has 1 amide bonds. The molecular formula is C20H32F3NO5. The quantitative estimate of drug-likeness (QED) is 0.478. The molecule has 1 fully saturated rings. The van der Waals surface area contributed by atoms with Crippen molar-refractivity contribution < 1.29 is 37.4 Å². The second kappa shape index (κ2) is 15.7. The zero-order chi connectivity index (χ0) is 23.0. The van der Waals surface area contributed by atoms with Gasteiger partial charge in [-0.05, 0) is 19.8 Å². The van der Waals surface area contributed by atoms with Crippen LogP contribution in [0.2, 0.25) is 0 Å². The summed E-state index contributed by atoms with van der Waals surface area (Å²) in [7, 11) is 0. The van der Waals surface area contributed by atoms with E-state index >= 15 is 0 Å².